The van der Waals surface area contributed by atoms with Gasteiger partial charge in [0.05, 0.1) is 0 Å². The fourth-order valence-electron chi connectivity index (χ4n) is 0.862. The van der Waals surface area contributed by atoms with Gasteiger partial charge in [0.25, 0.3) is 0 Å². The van der Waals surface area contributed by atoms with Crippen molar-refractivity contribution in [1.82, 2.24) is 9.97 Å². The Morgan fingerprint density at radius 3 is 2.71 bits per heavy atom. The molecule has 1 unspecified atom stereocenters. The Labute approximate surface area is 82.7 Å². The number of nitrogens with one attached hydrogen (secondary N) is 1. The van der Waals surface area contributed by atoms with Gasteiger partial charge in [-0.3, -0.25) is 4.79 Å². The maximum absolute atomic E-state index is 10.8. The maximum Gasteiger partial charge on any atom is 0.239 e. The first-order valence-electron chi connectivity index (χ1n) is 4.37. The van der Waals surface area contributed by atoms with Crippen LogP contribution in [-0.4, -0.2) is 21.9 Å². The molecule has 0 saturated heterocycles. The molecule has 0 aliphatic carbocycles. The number of nitrogens with zero attached hydrogens (tertiary/aromatic N) is 2. The van der Waals surface area contributed by atoms with Gasteiger partial charge in [0, 0.05) is 11.9 Å². The molecule has 0 bridgehead atoms. The Morgan fingerprint density at radius 2 is 2.21 bits per heavy atom. The standard InChI is InChI=1S/C9H14N4O/c1-5-4-11-9(12-6(5)2)13-7(3)8(10)14/h4,7H,1-3H3,(H2,10,14)(H,11,12,13). The number of rotatable bonds is 3. The first-order valence-corrected chi connectivity index (χ1v) is 4.37. The quantitative estimate of drug-likeness (QED) is 0.728. The molecule has 0 aromatic carbocycles. The summed E-state index contributed by atoms with van der Waals surface area (Å²) in [5, 5.41) is 2.81. The fourth-order valence-corrected chi connectivity index (χ4v) is 0.862. The van der Waals surface area contributed by atoms with Gasteiger partial charge in [-0.1, -0.05) is 0 Å². The molecule has 0 aliphatic heterocycles. The first kappa shape index (κ1) is 10.4. The van der Waals surface area contributed by atoms with E-state index in [1.54, 1.807) is 13.1 Å². The summed E-state index contributed by atoms with van der Waals surface area (Å²) in [6.07, 6.45) is 1.71. The Balaban J connectivity index is 2.78. The van der Waals surface area contributed by atoms with Crippen LogP contribution in [0.5, 0.6) is 0 Å². The molecular formula is C9H14N4O. The molecule has 0 spiro atoms. The topological polar surface area (TPSA) is 80.9 Å². The number of primary amides is 1. The molecule has 0 fully saturated rings. The molecule has 1 amide bonds. The second-order valence-electron chi connectivity index (χ2n) is 3.23. The van der Waals surface area contributed by atoms with Gasteiger partial charge < -0.3 is 11.1 Å². The van der Waals surface area contributed by atoms with Crippen LogP contribution in [0.1, 0.15) is 18.2 Å². The van der Waals surface area contributed by atoms with Crippen LogP contribution < -0.4 is 11.1 Å². The SMILES string of the molecule is Cc1cnc(NC(C)C(N)=O)nc1C. The van der Waals surface area contributed by atoms with Crippen molar-refractivity contribution in [2.45, 2.75) is 26.8 Å². The number of amides is 1. The molecular weight excluding hydrogens is 180 g/mol. The maximum atomic E-state index is 10.8. The van der Waals surface area contributed by atoms with E-state index in [1.165, 1.54) is 0 Å². The lowest BCUT2D eigenvalue weighted by Gasteiger charge is -2.10. The molecule has 5 nitrogen and oxygen atoms in total. The minimum Gasteiger partial charge on any atom is -0.368 e. The molecule has 76 valence electrons. The molecule has 5 heteroatoms. The van der Waals surface area contributed by atoms with Crippen LogP contribution >= 0.6 is 0 Å². The third kappa shape index (κ3) is 2.42. The predicted molar refractivity (Wildman–Crippen MR) is 53.8 cm³/mol. The highest BCUT2D eigenvalue weighted by molar-refractivity contribution is 5.81. The normalized spacial score (nSPS) is 12.2. The Kier molecular flexibility index (Phi) is 3.01. The van der Waals surface area contributed by atoms with E-state index < -0.39 is 11.9 Å². The van der Waals surface area contributed by atoms with Crippen molar-refractivity contribution in [2.24, 2.45) is 5.73 Å². The smallest absolute Gasteiger partial charge is 0.239 e. The van der Waals surface area contributed by atoms with Crippen molar-refractivity contribution in [3.63, 3.8) is 0 Å². The molecule has 1 atom stereocenters. The van der Waals surface area contributed by atoms with Gasteiger partial charge >= 0.3 is 0 Å². The van der Waals surface area contributed by atoms with Gasteiger partial charge in [-0.2, -0.15) is 0 Å². The van der Waals surface area contributed by atoms with Crippen LogP contribution in [0.2, 0.25) is 0 Å². The zero-order chi connectivity index (χ0) is 10.7. The Morgan fingerprint density at radius 1 is 1.57 bits per heavy atom. The van der Waals surface area contributed by atoms with Crippen molar-refractivity contribution in [3.05, 3.63) is 17.5 Å². The van der Waals surface area contributed by atoms with Crippen molar-refractivity contribution >= 4 is 11.9 Å². The zero-order valence-electron chi connectivity index (χ0n) is 8.53. The average molecular weight is 194 g/mol. The molecule has 1 rings (SSSR count). The molecule has 0 aliphatic rings. The molecule has 1 heterocycles. The summed E-state index contributed by atoms with van der Waals surface area (Å²) in [6.45, 7) is 5.48. The minimum absolute atomic E-state index is 0.424. The molecule has 14 heavy (non-hydrogen) atoms. The third-order valence-electron chi connectivity index (χ3n) is 2.00. The lowest BCUT2D eigenvalue weighted by atomic mass is 10.3. The van der Waals surface area contributed by atoms with E-state index in [0.717, 1.165) is 11.3 Å². The summed E-state index contributed by atoms with van der Waals surface area (Å²) >= 11 is 0. The highest BCUT2D eigenvalue weighted by Gasteiger charge is 2.09. The molecule has 1 aromatic rings. The van der Waals surface area contributed by atoms with Crippen molar-refractivity contribution < 1.29 is 4.79 Å². The second-order valence-corrected chi connectivity index (χ2v) is 3.23. The van der Waals surface area contributed by atoms with E-state index >= 15 is 0 Å². The van der Waals surface area contributed by atoms with E-state index in [0.29, 0.717) is 5.95 Å². The number of carbonyl (C=O) groups is 1. The van der Waals surface area contributed by atoms with E-state index in [-0.39, 0.29) is 0 Å². The van der Waals surface area contributed by atoms with Crippen LogP contribution in [-0.2, 0) is 4.79 Å². The molecule has 1 aromatic heterocycles. The number of aryl methyl sites for hydroxylation is 2. The second kappa shape index (κ2) is 4.04. The minimum atomic E-state index is -0.461. The van der Waals surface area contributed by atoms with Gasteiger partial charge in [-0.15, -0.1) is 0 Å². The lowest BCUT2D eigenvalue weighted by Crippen LogP contribution is -2.33. The first-order chi connectivity index (χ1) is 6.50. The van der Waals surface area contributed by atoms with Crippen LogP contribution in [0.15, 0.2) is 6.20 Å². The van der Waals surface area contributed by atoms with Gasteiger partial charge in [0.2, 0.25) is 11.9 Å². The third-order valence-corrected chi connectivity index (χ3v) is 2.00. The van der Waals surface area contributed by atoms with E-state index in [9.17, 15) is 4.79 Å². The number of hydrogen-bond donors (Lipinski definition) is 2. The summed E-state index contributed by atoms with van der Waals surface area (Å²) in [7, 11) is 0. The highest BCUT2D eigenvalue weighted by Crippen LogP contribution is 2.05. The monoisotopic (exact) mass is 194 g/mol. The summed E-state index contributed by atoms with van der Waals surface area (Å²) in [4.78, 5) is 19.0. The van der Waals surface area contributed by atoms with Crippen molar-refractivity contribution in [1.29, 1.82) is 0 Å². The van der Waals surface area contributed by atoms with Gasteiger partial charge in [0.1, 0.15) is 6.04 Å². The average Bonchev–Trinajstić information content (AvgIpc) is 2.11. The zero-order valence-corrected chi connectivity index (χ0v) is 8.53. The number of nitrogens with two attached hydrogens (primary N) is 1. The van der Waals surface area contributed by atoms with Crippen LogP contribution in [0.25, 0.3) is 0 Å². The number of hydrogen-bond acceptors (Lipinski definition) is 4. The molecule has 0 radical (unpaired) electrons. The van der Waals surface area contributed by atoms with Crippen LogP contribution in [0, 0.1) is 13.8 Å². The summed E-state index contributed by atoms with van der Waals surface area (Å²) in [5.41, 5.74) is 7.00. The van der Waals surface area contributed by atoms with E-state index in [4.69, 9.17) is 5.73 Å². The fraction of sp³-hybridized carbons (Fsp3) is 0.444. The Bertz CT molecular complexity index is 351. The van der Waals surface area contributed by atoms with Gasteiger partial charge in [-0.05, 0) is 26.3 Å². The van der Waals surface area contributed by atoms with E-state index in [2.05, 4.69) is 15.3 Å². The number of carbonyl (C=O) groups excluding carboxylic acids is 1. The van der Waals surface area contributed by atoms with Crippen molar-refractivity contribution in [3.8, 4) is 0 Å². The largest absolute Gasteiger partial charge is 0.368 e. The number of aromatic nitrogens is 2. The number of anilines is 1. The Hall–Kier alpha value is -1.65. The van der Waals surface area contributed by atoms with Crippen LogP contribution in [0.4, 0.5) is 5.95 Å². The van der Waals surface area contributed by atoms with Crippen LogP contribution in [0.3, 0.4) is 0 Å². The van der Waals surface area contributed by atoms with Gasteiger partial charge in [0.15, 0.2) is 0 Å². The van der Waals surface area contributed by atoms with Crippen molar-refractivity contribution in [2.75, 3.05) is 5.32 Å². The predicted octanol–water partition coefficient (Wildman–Crippen LogP) is 0.379. The summed E-state index contributed by atoms with van der Waals surface area (Å²) < 4.78 is 0. The van der Waals surface area contributed by atoms with E-state index in [1.807, 2.05) is 13.8 Å². The summed E-state index contributed by atoms with van der Waals surface area (Å²) in [5.74, 6) is 0.00577. The van der Waals surface area contributed by atoms with Gasteiger partial charge in [-0.25, -0.2) is 9.97 Å². The molecule has 3 N–H and O–H groups in total. The highest BCUT2D eigenvalue weighted by atomic mass is 16.1. The summed E-state index contributed by atoms with van der Waals surface area (Å²) in [6, 6.07) is -0.461. The molecule has 0 saturated carbocycles. The lowest BCUT2D eigenvalue weighted by molar-refractivity contribution is -0.118.